The topological polar surface area (TPSA) is 76.1 Å². The van der Waals surface area contributed by atoms with Crippen LogP contribution in [0.15, 0.2) is 48.0 Å². The van der Waals surface area contributed by atoms with Crippen molar-refractivity contribution in [3.05, 3.63) is 70.3 Å². The van der Waals surface area contributed by atoms with Gasteiger partial charge >= 0.3 is 11.9 Å². The predicted octanol–water partition coefficient (Wildman–Crippen LogP) is 5.62. The molecule has 2 aromatic carbocycles. The number of carbonyl (C=O) groups is 2. The number of fused-ring (bicyclic) bond motifs is 1. The maximum Gasteiger partial charge on any atom is 0.317 e. The first-order chi connectivity index (χ1) is 17.2. The van der Waals surface area contributed by atoms with Crippen molar-refractivity contribution in [2.45, 2.75) is 59.4 Å². The van der Waals surface area contributed by atoms with Gasteiger partial charge < -0.3 is 14.6 Å². The number of aryl methyl sites for hydroxylation is 1. The van der Waals surface area contributed by atoms with E-state index in [9.17, 15) is 14.7 Å². The first-order valence-electron chi connectivity index (χ1n) is 12.8. The summed E-state index contributed by atoms with van der Waals surface area (Å²) in [7, 11) is 1.66. The molecule has 192 valence electrons. The van der Waals surface area contributed by atoms with Crippen molar-refractivity contribution in [3.8, 4) is 5.75 Å². The number of carboxylic acid groups (broad SMARTS) is 1. The second-order valence-electron chi connectivity index (χ2n) is 10.8. The summed E-state index contributed by atoms with van der Waals surface area (Å²) < 4.78 is 11.5. The van der Waals surface area contributed by atoms with Crippen LogP contribution < -0.4 is 4.74 Å². The van der Waals surface area contributed by atoms with Gasteiger partial charge in [-0.15, -0.1) is 0 Å². The lowest BCUT2D eigenvalue weighted by Crippen LogP contribution is -2.33. The molecule has 0 amide bonds. The lowest BCUT2D eigenvalue weighted by molar-refractivity contribution is -0.153. The number of methoxy groups -OCH3 is 1. The minimum Gasteiger partial charge on any atom is -0.496 e. The van der Waals surface area contributed by atoms with Gasteiger partial charge in [-0.3, -0.25) is 14.5 Å². The van der Waals surface area contributed by atoms with Crippen LogP contribution in [0.3, 0.4) is 0 Å². The molecule has 36 heavy (non-hydrogen) atoms. The number of carboxylic acids is 1. The first-order valence-corrected chi connectivity index (χ1v) is 12.8. The molecular weight excluding hydrogens is 454 g/mol. The summed E-state index contributed by atoms with van der Waals surface area (Å²) in [6.45, 7) is 8.30. The van der Waals surface area contributed by atoms with Crippen LogP contribution >= 0.6 is 0 Å². The Morgan fingerprint density at radius 3 is 2.44 bits per heavy atom. The summed E-state index contributed by atoms with van der Waals surface area (Å²) in [6, 6.07) is 14.6. The van der Waals surface area contributed by atoms with Gasteiger partial charge in [-0.1, -0.05) is 30.3 Å². The van der Waals surface area contributed by atoms with Crippen LogP contribution in [0.4, 0.5) is 0 Å². The number of hydrogen-bond donors (Lipinski definition) is 1. The number of aliphatic carboxylic acids is 1. The van der Waals surface area contributed by atoms with Gasteiger partial charge in [0.15, 0.2) is 0 Å². The van der Waals surface area contributed by atoms with Crippen LogP contribution in [-0.4, -0.2) is 42.1 Å². The minimum absolute atomic E-state index is 0.275. The second-order valence-corrected chi connectivity index (χ2v) is 10.8. The van der Waals surface area contributed by atoms with Crippen molar-refractivity contribution < 1.29 is 24.2 Å². The number of nitrogens with zero attached hydrogens (tertiary/aromatic N) is 1. The Hall–Kier alpha value is -3.12. The first kappa shape index (κ1) is 26.0. The fraction of sp³-hybridized carbons (Fsp3) is 0.467. The fourth-order valence-corrected chi connectivity index (χ4v) is 5.32. The summed E-state index contributed by atoms with van der Waals surface area (Å²) in [5.41, 5.74) is 4.34. The van der Waals surface area contributed by atoms with E-state index in [1.54, 1.807) is 21.0 Å². The van der Waals surface area contributed by atoms with Gasteiger partial charge in [-0.2, -0.15) is 0 Å². The fourth-order valence-electron chi connectivity index (χ4n) is 5.32. The number of likely N-dealkylation sites (tertiary alicyclic amines) is 1. The molecule has 0 saturated carbocycles. The van der Waals surface area contributed by atoms with E-state index in [-0.39, 0.29) is 6.42 Å². The molecule has 0 atom stereocenters. The van der Waals surface area contributed by atoms with Gasteiger partial charge in [0, 0.05) is 12.1 Å². The van der Waals surface area contributed by atoms with E-state index in [0.29, 0.717) is 11.7 Å². The highest BCUT2D eigenvalue weighted by atomic mass is 16.5. The third-order valence-corrected chi connectivity index (χ3v) is 7.42. The molecule has 0 spiro atoms. The molecule has 1 N–H and O–H groups in total. The smallest absolute Gasteiger partial charge is 0.317 e. The van der Waals surface area contributed by atoms with Crippen molar-refractivity contribution in [3.63, 3.8) is 0 Å². The molecule has 1 fully saturated rings. The van der Waals surface area contributed by atoms with Gasteiger partial charge in [-0.25, -0.2) is 0 Å². The average Bonchev–Trinajstić information content (AvgIpc) is 3.15. The molecule has 6 heteroatoms. The summed E-state index contributed by atoms with van der Waals surface area (Å²) in [5, 5.41) is 9.26. The number of piperidine rings is 1. The summed E-state index contributed by atoms with van der Waals surface area (Å²) in [6.07, 6.45) is 3.51. The van der Waals surface area contributed by atoms with Crippen molar-refractivity contribution in [1.29, 1.82) is 0 Å². The Kier molecular flexibility index (Phi) is 7.84. The van der Waals surface area contributed by atoms with Crippen molar-refractivity contribution in [2.24, 2.45) is 11.3 Å². The lowest BCUT2D eigenvalue weighted by atomic mass is 9.88. The Balaban J connectivity index is 1.50. The molecule has 1 aliphatic heterocycles. The third-order valence-electron chi connectivity index (χ3n) is 7.42. The van der Waals surface area contributed by atoms with Crippen LogP contribution in [-0.2, 0) is 27.3 Å². The normalized spacial score (nSPS) is 16.7. The largest absolute Gasteiger partial charge is 0.496 e. The number of esters is 1. The van der Waals surface area contributed by atoms with E-state index in [1.165, 1.54) is 5.56 Å². The van der Waals surface area contributed by atoms with E-state index in [1.807, 2.05) is 25.1 Å². The zero-order chi connectivity index (χ0) is 25.9. The highest BCUT2D eigenvalue weighted by Gasteiger charge is 2.36. The molecular formula is C30H37NO5. The van der Waals surface area contributed by atoms with Crippen LogP contribution in [0.2, 0.25) is 0 Å². The molecule has 0 aromatic heterocycles. The van der Waals surface area contributed by atoms with Gasteiger partial charge in [0.1, 0.15) is 11.5 Å². The molecule has 0 bridgehead atoms. The molecule has 2 aromatic rings. The number of allylic oxidation sites excluding steroid dienone is 1. The number of hydrogen-bond acceptors (Lipinski definition) is 5. The quantitative estimate of drug-likeness (QED) is 0.459. The Labute approximate surface area is 213 Å². The van der Waals surface area contributed by atoms with E-state index in [0.717, 1.165) is 73.3 Å². The summed E-state index contributed by atoms with van der Waals surface area (Å²) >= 11 is 0. The van der Waals surface area contributed by atoms with Crippen LogP contribution in [0.5, 0.6) is 5.75 Å². The predicted molar refractivity (Wildman–Crippen MR) is 140 cm³/mol. The van der Waals surface area contributed by atoms with Crippen molar-refractivity contribution in [2.75, 3.05) is 20.2 Å². The number of benzene rings is 2. The van der Waals surface area contributed by atoms with Crippen LogP contribution in [0, 0.1) is 18.3 Å². The summed E-state index contributed by atoms with van der Waals surface area (Å²) in [4.78, 5) is 26.9. The molecule has 2 aliphatic rings. The second kappa shape index (κ2) is 10.9. The Morgan fingerprint density at radius 2 is 1.81 bits per heavy atom. The maximum absolute atomic E-state index is 13.1. The van der Waals surface area contributed by atoms with Gasteiger partial charge in [-0.05, 0) is 99.9 Å². The summed E-state index contributed by atoms with van der Waals surface area (Å²) in [5.74, 6) is 0.439. The molecule has 1 aliphatic carbocycles. The van der Waals surface area contributed by atoms with Gasteiger partial charge in [0.2, 0.25) is 0 Å². The number of rotatable bonds is 9. The number of ether oxygens (including phenoxy) is 2. The molecule has 0 unspecified atom stereocenters. The van der Waals surface area contributed by atoms with E-state index in [2.05, 4.69) is 29.2 Å². The van der Waals surface area contributed by atoms with Gasteiger partial charge in [0.25, 0.3) is 0 Å². The highest BCUT2D eigenvalue weighted by Crippen LogP contribution is 2.42. The molecule has 6 nitrogen and oxygen atoms in total. The molecule has 1 heterocycles. The zero-order valence-corrected chi connectivity index (χ0v) is 21.8. The van der Waals surface area contributed by atoms with Crippen molar-refractivity contribution in [1.82, 2.24) is 4.90 Å². The van der Waals surface area contributed by atoms with E-state index in [4.69, 9.17) is 9.47 Å². The lowest BCUT2D eigenvalue weighted by Gasteiger charge is -2.32. The third kappa shape index (κ3) is 5.98. The van der Waals surface area contributed by atoms with Gasteiger partial charge in [0.05, 0.1) is 18.9 Å². The molecule has 1 saturated heterocycles. The van der Waals surface area contributed by atoms with Crippen molar-refractivity contribution >= 4 is 17.7 Å². The molecule has 4 rings (SSSR count). The Bertz CT molecular complexity index is 1140. The number of carbonyl (C=O) groups excluding carboxylic acids is 1. The van der Waals surface area contributed by atoms with Crippen LogP contribution in [0.1, 0.15) is 61.8 Å². The Morgan fingerprint density at radius 1 is 1.11 bits per heavy atom. The SMILES string of the molecule is COc1cc2c(cc1C)C(OC(=O)C(C)(C)CC(=O)O)=C(CC1CCN(Cc3ccccc3)CC1)C2. The minimum atomic E-state index is -1.11. The van der Waals surface area contributed by atoms with Crippen LogP contribution in [0.25, 0.3) is 5.76 Å². The highest BCUT2D eigenvalue weighted by molar-refractivity contribution is 5.88. The van der Waals surface area contributed by atoms with E-state index < -0.39 is 17.4 Å². The average molecular weight is 492 g/mol. The maximum atomic E-state index is 13.1. The van der Waals surface area contributed by atoms with E-state index >= 15 is 0 Å². The monoisotopic (exact) mass is 491 g/mol. The zero-order valence-electron chi connectivity index (χ0n) is 21.8. The standard InChI is InChI=1S/C30H37NO5/c1-20-14-25-23(17-26(20)35-4)16-24(28(25)36-29(34)30(2,3)18-27(32)33)15-21-10-12-31(13-11-21)19-22-8-6-5-7-9-22/h5-9,14,17,21H,10-13,15-16,18-19H2,1-4H3,(H,32,33). The molecule has 0 radical (unpaired) electrons.